The molecule has 0 aliphatic carbocycles. The first kappa shape index (κ1) is 9.98. The zero-order valence-electron chi connectivity index (χ0n) is 8.68. The Labute approximate surface area is 101 Å². The van der Waals surface area contributed by atoms with E-state index in [2.05, 4.69) is 15.2 Å². The van der Waals surface area contributed by atoms with E-state index in [9.17, 15) is 4.79 Å². The molecule has 0 bridgehead atoms. The van der Waals surface area contributed by atoms with Gasteiger partial charge >= 0.3 is 5.69 Å². The summed E-state index contributed by atoms with van der Waals surface area (Å²) in [7, 11) is 0. The van der Waals surface area contributed by atoms with Crippen molar-refractivity contribution in [2.75, 3.05) is 0 Å². The summed E-state index contributed by atoms with van der Waals surface area (Å²) in [4.78, 5) is 15.8. The summed E-state index contributed by atoms with van der Waals surface area (Å²) in [5.41, 5.74) is 1.32. The zero-order valence-corrected chi connectivity index (χ0v) is 9.49. The van der Waals surface area contributed by atoms with Gasteiger partial charge in [-0.2, -0.15) is 0 Å². The van der Waals surface area contributed by atoms with Gasteiger partial charge in [0.2, 0.25) is 4.77 Å². The Morgan fingerprint density at radius 1 is 1.24 bits per heavy atom. The largest absolute Gasteiger partial charge is 0.347 e. The number of fused-ring (bicyclic) bond motifs is 1. The minimum atomic E-state index is -0.279. The molecule has 84 valence electrons. The Balaban J connectivity index is 2.32. The Morgan fingerprint density at radius 3 is 2.88 bits per heavy atom. The minimum absolute atomic E-state index is 0.279. The van der Waals surface area contributed by atoms with Gasteiger partial charge in [0.1, 0.15) is 0 Å². The average Bonchev–Trinajstić information content (AvgIpc) is 2.68. The maximum atomic E-state index is 11.6. The predicted molar refractivity (Wildman–Crippen MR) is 66.9 cm³/mol. The molecule has 0 amide bonds. The number of pyridine rings is 1. The van der Waals surface area contributed by atoms with E-state index in [4.69, 9.17) is 12.2 Å². The molecule has 0 saturated heterocycles. The molecule has 2 aromatic heterocycles. The first-order chi connectivity index (χ1) is 8.25. The van der Waals surface area contributed by atoms with Crippen LogP contribution in [-0.2, 0) is 0 Å². The lowest BCUT2D eigenvalue weighted by molar-refractivity contribution is 0.977. The zero-order chi connectivity index (χ0) is 11.8. The molecule has 6 heteroatoms. The molecule has 3 rings (SSSR count). The quantitative estimate of drug-likeness (QED) is 0.641. The van der Waals surface area contributed by atoms with Crippen molar-refractivity contribution in [1.29, 1.82) is 0 Å². The summed E-state index contributed by atoms with van der Waals surface area (Å²) < 4.78 is 1.75. The summed E-state index contributed by atoms with van der Waals surface area (Å²) in [5.74, 6) is 0. The third-order valence-corrected chi connectivity index (χ3v) is 2.81. The van der Waals surface area contributed by atoms with Crippen LogP contribution in [0.2, 0.25) is 0 Å². The number of aromatic nitrogens is 4. The van der Waals surface area contributed by atoms with Gasteiger partial charge in [-0.25, -0.2) is 14.5 Å². The molecule has 0 fully saturated rings. The van der Waals surface area contributed by atoms with Gasteiger partial charge < -0.3 is 0 Å². The molecule has 2 heterocycles. The number of nitrogens with zero attached hydrogens (tertiary/aromatic N) is 2. The predicted octanol–water partition coefficient (Wildman–Crippen LogP) is 1.77. The van der Waals surface area contributed by atoms with E-state index in [1.165, 1.54) is 4.57 Å². The second kappa shape index (κ2) is 3.67. The molecule has 0 aliphatic heterocycles. The number of aromatic amines is 2. The topological polar surface area (TPSA) is 66.5 Å². The van der Waals surface area contributed by atoms with E-state index >= 15 is 0 Å². The second-order valence-electron chi connectivity index (χ2n) is 3.58. The van der Waals surface area contributed by atoms with E-state index < -0.39 is 0 Å². The van der Waals surface area contributed by atoms with Crippen LogP contribution in [-0.4, -0.2) is 19.7 Å². The van der Waals surface area contributed by atoms with Gasteiger partial charge in [-0.15, -0.1) is 0 Å². The molecule has 0 saturated carbocycles. The van der Waals surface area contributed by atoms with Crippen LogP contribution in [0.4, 0.5) is 0 Å². The van der Waals surface area contributed by atoms with Crippen molar-refractivity contribution in [3.05, 3.63) is 51.8 Å². The van der Waals surface area contributed by atoms with E-state index in [1.807, 2.05) is 30.3 Å². The van der Waals surface area contributed by atoms with Gasteiger partial charge in [-0.1, -0.05) is 6.07 Å². The molecule has 3 aromatic rings. The highest BCUT2D eigenvalue weighted by Crippen LogP contribution is 2.15. The van der Waals surface area contributed by atoms with Gasteiger partial charge in [0, 0.05) is 11.6 Å². The van der Waals surface area contributed by atoms with Crippen LogP contribution in [0.25, 0.3) is 16.6 Å². The summed E-state index contributed by atoms with van der Waals surface area (Å²) in [6, 6.07) is 9.34. The number of benzene rings is 1. The third kappa shape index (κ3) is 1.58. The normalized spacial score (nSPS) is 10.8. The Bertz CT molecular complexity index is 771. The van der Waals surface area contributed by atoms with Crippen molar-refractivity contribution in [2.45, 2.75) is 0 Å². The van der Waals surface area contributed by atoms with Crippen LogP contribution in [0, 0.1) is 4.77 Å². The van der Waals surface area contributed by atoms with Crippen molar-refractivity contribution in [3.63, 3.8) is 0 Å². The lowest BCUT2D eigenvalue weighted by atomic mass is 10.2. The molecule has 0 atom stereocenters. The van der Waals surface area contributed by atoms with Gasteiger partial charge in [-0.05, 0) is 36.5 Å². The van der Waals surface area contributed by atoms with Crippen LogP contribution in [0.5, 0.6) is 0 Å². The number of rotatable bonds is 1. The fourth-order valence-corrected chi connectivity index (χ4v) is 1.99. The number of hydrogen-bond acceptors (Lipinski definition) is 3. The molecule has 0 spiro atoms. The van der Waals surface area contributed by atoms with E-state index in [1.54, 1.807) is 6.20 Å². The molecule has 2 N–H and O–H groups in total. The van der Waals surface area contributed by atoms with Crippen molar-refractivity contribution in [1.82, 2.24) is 19.7 Å². The average molecular weight is 244 g/mol. The number of H-pyrrole nitrogens is 2. The van der Waals surface area contributed by atoms with Crippen LogP contribution in [0.1, 0.15) is 0 Å². The maximum Gasteiger partial charge on any atom is 0.347 e. The molecule has 0 aliphatic rings. The highest BCUT2D eigenvalue weighted by molar-refractivity contribution is 7.71. The smallest absolute Gasteiger partial charge is 0.272 e. The van der Waals surface area contributed by atoms with Gasteiger partial charge in [0.15, 0.2) is 0 Å². The standard InChI is InChI=1S/C11H8N4OS/c16-10-13-14-11(17)15(10)8-3-4-9-7(6-8)2-1-5-12-9/h1-6H,(H,13,16)(H,14,17). The summed E-state index contributed by atoms with van der Waals surface area (Å²) in [6.07, 6.45) is 1.73. The molecule has 0 radical (unpaired) electrons. The molecule has 5 nitrogen and oxygen atoms in total. The van der Waals surface area contributed by atoms with Crippen molar-refractivity contribution >= 4 is 23.1 Å². The fraction of sp³-hybridized carbons (Fsp3) is 0. The molecule has 17 heavy (non-hydrogen) atoms. The van der Waals surface area contributed by atoms with E-state index in [0.29, 0.717) is 4.77 Å². The van der Waals surface area contributed by atoms with Crippen molar-refractivity contribution < 1.29 is 0 Å². The SMILES string of the molecule is O=c1[nH][nH]c(=S)n1-c1ccc2ncccc2c1. The van der Waals surface area contributed by atoms with Crippen molar-refractivity contribution in [2.24, 2.45) is 0 Å². The number of hydrogen-bond donors (Lipinski definition) is 2. The highest BCUT2D eigenvalue weighted by atomic mass is 32.1. The first-order valence-corrected chi connectivity index (χ1v) is 5.41. The first-order valence-electron chi connectivity index (χ1n) is 5.00. The summed E-state index contributed by atoms with van der Waals surface area (Å²) in [6.45, 7) is 0. The van der Waals surface area contributed by atoms with Crippen LogP contribution < -0.4 is 5.69 Å². The highest BCUT2D eigenvalue weighted by Gasteiger charge is 2.04. The van der Waals surface area contributed by atoms with E-state index in [0.717, 1.165) is 16.6 Å². The van der Waals surface area contributed by atoms with Gasteiger partial charge in [-0.3, -0.25) is 10.1 Å². The summed E-state index contributed by atoms with van der Waals surface area (Å²) >= 11 is 5.04. The maximum absolute atomic E-state index is 11.6. The van der Waals surface area contributed by atoms with Crippen molar-refractivity contribution in [3.8, 4) is 5.69 Å². The van der Waals surface area contributed by atoms with Gasteiger partial charge in [0.25, 0.3) is 0 Å². The summed E-state index contributed by atoms with van der Waals surface area (Å²) in [5, 5.41) is 6.02. The third-order valence-electron chi connectivity index (χ3n) is 2.53. The minimum Gasteiger partial charge on any atom is -0.272 e. The monoisotopic (exact) mass is 244 g/mol. The lowest BCUT2D eigenvalue weighted by Gasteiger charge is -2.02. The Kier molecular flexibility index (Phi) is 2.15. The fourth-order valence-electron chi connectivity index (χ4n) is 1.75. The van der Waals surface area contributed by atoms with Crippen LogP contribution >= 0.6 is 12.2 Å². The number of nitrogens with one attached hydrogen (secondary N) is 2. The van der Waals surface area contributed by atoms with Crippen LogP contribution in [0.3, 0.4) is 0 Å². The van der Waals surface area contributed by atoms with Gasteiger partial charge in [0.05, 0.1) is 11.2 Å². The van der Waals surface area contributed by atoms with E-state index in [-0.39, 0.29) is 5.69 Å². The van der Waals surface area contributed by atoms with Crippen LogP contribution in [0.15, 0.2) is 41.3 Å². The Hall–Kier alpha value is -2.21. The Morgan fingerprint density at radius 2 is 2.12 bits per heavy atom. The lowest BCUT2D eigenvalue weighted by Crippen LogP contribution is -2.14. The second-order valence-corrected chi connectivity index (χ2v) is 3.96. The molecule has 1 aromatic carbocycles. The molecular weight excluding hydrogens is 236 g/mol. The molecular formula is C11H8N4OS. The molecule has 0 unspecified atom stereocenters.